The molecule has 0 bridgehead atoms. The number of aliphatic hydroxyl groups excluding tert-OH is 1. The van der Waals surface area contributed by atoms with Gasteiger partial charge < -0.3 is 5.11 Å². The summed E-state index contributed by atoms with van der Waals surface area (Å²) < 4.78 is 62.3. The predicted octanol–water partition coefficient (Wildman–Crippen LogP) is 2.32. The molecule has 0 spiro atoms. The Labute approximate surface area is 101 Å². The molecule has 18 heavy (non-hydrogen) atoms. The Morgan fingerprint density at radius 3 is 2.44 bits per heavy atom. The maximum atomic E-state index is 13.2. The van der Waals surface area contributed by atoms with Gasteiger partial charge in [-0.25, -0.2) is 8.78 Å². The van der Waals surface area contributed by atoms with Gasteiger partial charge in [-0.2, -0.15) is 13.2 Å². The first-order valence-corrected chi connectivity index (χ1v) is 5.08. The Kier molecular flexibility index (Phi) is 4.64. The number of halogens is 5. The second-order valence-corrected chi connectivity index (χ2v) is 3.97. The van der Waals surface area contributed by atoms with Crippen LogP contribution in [0.4, 0.5) is 22.0 Å². The normalized spacial score (nSPS) is 14.0. The number of hydrogen-bond donors (Lipinski definition) is 1. The molecule has 0 heterocycles. The fourth-order valence-electron chi connectivity index (χ4n) is 1.42. The molecule has 1 rings (SSSR count). The molecule has 0 saturated carbocycles. The smallest absolute Gasteiger partial charge is 0.382 e. The maximum Gasteiger partial charge on any atom is 0.415 e. The lowest BCUT2D eigenvalue weighted by molar-refractivity contribution is -0.207. The SMILES string of the molecule is CN(Cc1cccc(F)c1F)CC(O)C(F)(F)F. The monoisotopic (exact) mass is 269 g/mol. The first-order valence-electron chi connectivity index (χ1n) is 5.08. The Hall–Kier alpha value is -1.21. The van der Waals surface area contributed by atoms with Crippen LogP contribution in [0.25, 0.3) is 0 Å². The second-order valence-electron chi connectivity index (χ2n) is 3.97. The average molecular weight is 269 g/mol. The Morgan fingerprint density at radius 2 is 1.89 bits per heavy atom. The highest BCUT2D eigenvalue weighted by molar-refractivity contribution is 5.18. The molecule has 1 N–H and O–H groups in total. The van der Waals surface area contributed by atoms with E-state index in [0.29, 0.717) is 0 Å². The third-order valence-corrected chi connectivity index (χ3v) is 2.33. The van der Waals surface area contributed by atoms with Crippen LogP contribution in [0.3, 0.4) is 0 Å². The van der Waals surface area contributed by atoms with Crippen LogP contribution in [-0.4, -0.2) is 35.9 Å². The molecule has 0 aliphatic rings. The molecule has 0 aromatic heterocycles. The highest BCUT2D eigenvalue weighted by Gasteiger charge is 2.38. The molecular weight excluding hydrogens is 257 g/mol. The second kappa shape index (κ2) is 5.62. The minimum Gasteiger partial charge on any atom is -0.382 e. The van der Waals surface area contributed by atoms with Gasteiger partial charge in [0.25, 0.3) is 0 Å². The number of likely N-dealkylation sites (N-methyl/N-ethyl adjacent to an activating group) is 1. The minimum atomic E-state index is -4.73. The van der Waals surface area contributed by atoms with Crippen molar-refractivity contribution in [1.29, 1.82) is 0 Å². The summed E-state index contributed by atoms with van der Waals surface area (Å²) in [6.45, 7) is -0.934. The molecule has 2 nitrogen and oxygen atoms in total. The van der Waals surface area contributed by atoms with Crippen LogP contribution in [0, 0.1) is 11.6 Å². The van der Waals surface area contributed by atoms with Crippen molar-refractivity contribution in [2.75, 3.05) is 13.6 Å². The van der Waals surface area contributed by atoms with Crippen molar-refractivity contribution >= 4 is 0 Å². The van der Waals surface area contributed by atoms with Crippen LogP contribution < -0.4 is 0 Å². The molecule has 1 unspecified atom stereocenters. The van der Waals surface area contributed by atoms with Crippen molar-refractivity contribution in [3.63, 3.8) is 0 Å². The zero-order valence-corrected chi connectivity index (χ0v) is 9.51. The summed E-state index contributed by atoms with van der Waals surface area (Å²) in [5.74, 6) is -2.15. The molecule has 7 heteroatoms. The minimum absolute atomic E-state index is 0.0631. The number of alkyl halides is 3. The van der Waals surface area contributed by atoms with Gasteiger partial charge in [-0.3, -0.25) is 4.90 Å². The van der Waals surface area contributed by atoms with E-state index < -0.39 is 30.5 Å². The van der Waals surface area contributed by atoms with Gasteiger partial charge in [0.1, 0.15) is 0 Å². The fourth-order valence-corrected chi connectivity index (χ4v) is 1.42. The molecule has 1 aromatic rings. The first-order chi connectivity index (χ1) is 8.21. The number of rotatable bonds is 4. The van der Waals surface area contributed by atoms with E-state index in [1.807, 2.05) is 0 Å². The Bertz CT molecular complexity index is 407. The summed E-state index contributed by atoms with van der Waals surface area (Å²) in [6, 6.07) is 3.46. The lowest BCUT2D eigenvalue weighted by Crippen LogP contribution is -2.39. The standard InChI is InChI=1S/C11H12F5NO/c1-17(6-9(18)11(14,15)16)5-7-3-2-4-8(12)10(7)13/h2-4,9,18H,5-6H2,1H3. The number of nitrogens with zero attached hydrogens (tertiary/aromatic N) is 1. The average Bonchev–Trinajstić information content (AvgIpc) is 2.23. The molecule has 0 saturated heterocycles. The van der Waals surface area contributed by atoms with Crippen LogP contribution in [0.1, 0.15) is 5.56 Å². The van der Waals surface area contributed by atoms with Gasteiger partial charge in [0, 0.05) is 18.7 Å². The molecule has 0 amide bonds. The maximum absolute atomic E-state index is 13.2. The zero-order valence-electron chi connectivity index (χ0n) is 9.51. The number of aliphatic hydroxyl groups is 1. The first kappa shape index (κ1) is 14.8. The molecule has 0 aliphatic carbocycles. The summed E-state index contributed by atoms with van der Waals surface area (Å²) in [4.78, 5) is 1.07. The van der Waals surface area contributed by atoms with Crippen LogP contribution >= 0.6 is 0 Å². The molecule has 0 aliphatic heterocycles. The molecule has 1 atom stereocenters. The number of hydrogen-bond acceptors (Lipinski definition) is 2. The lowest BCUT2D eigenvalue weighted by atomic mass is 10.2. The van der Waals surface area contributed by atoms with E-state index in [-0.39, 0.29) is 12.1 Å². The Morgan fingerprint density at radius 1 is 1.28 bits per heavy atom. The van der Waals surface area contributed by atoms with Gasteiger partial charge in [-0.05, 0) is 13.1 Å². The highest BCUT2D eigenvalue weighted by Crippen LogP contribution is 2.21. The molecule has 0 fully saturated rings. The summed E-state index contributed by atoms with van der Waals surface area (Å²) in [6.07, 6.45) is -7.24. The summed E-state index contributed by atoms with van der Waals surface area (Å²) in [5.41, 5.74) is -0.0631. The quantitative estimate of drug-likeness (QED) is 0.848. The van der Waals surface area contributed by atoms with Crippen LogP contribution in [0.2, 0.25) is 0 Å². The van der Waals surface area contributed by atoms with E-state index in [0.717, 1.165) is 11.0 Å². The Balaban J connectivity index is 2.65. The molecular formula is C11H12F5NO. The van der Waals surface area contributed by atoms with Crippen molar-refractivity contribution in [1.82, 2.24) is 4.90 Å². The zero-order chi connectivity index (χ0) is 13.9. The topological polar surface area (TPSA) is 23.5 Å². The van der Waals surface area contributed by atoms with E-state index in [2.05, 4.69) is 0 Å². The van der Waals surface area contributed by atoms with Gasteiger partial charge in [-0.15, -0.1) is 0 Å². The molecule has 0 radical (unpaired) electrons. The molecule has 1 aromatic carbocycles. The van der Waals surface area contributed by atoms with Crippen LogP contribution in [0.15, 0.2) is 18.2 Å². The summed E-state index contributed by atoms with van der Waals surface area (Å²) >= 11 is 0. The largest absolute Gasteiger partial charge is 0.415 e. The van der Waals surface area contributed by atoms with Crippen LogP contribution in [-0.2, 0) is 6.54 Å². The summed E-state index contributed by atoms with van der Waals surface area (Å²) in [7, 11) is 1.28. The predicted molar refractivity (Wildman–Crippen MR) is 54.8 cm³/mol. The van der Waals surface area contributed by atoms with E-state index in [1.54, 1.807) is 0 Å². The van der Waals surface area contributed by atoms with Gasteiger partial charge in [-0.1, -0.05) is 12.1 Å². The van der Waals surface area contributed by atoms with E-state index >= 15 is 0 Å². The van der Waals surface area contributed by atoms with Crippen molar-refractivity contribution < 1.29 is 27.1 Å². The van der Waals surface area contributed by atoms with Gasteiger partial charge in [0.05, 0.1) is 0 Å². The van der Waals surface area contributed by atoms with Crippen molar-refractivity contribution in [2.24, 2.45) is 0 Å². The van der Waals surface area contributed by atoms with Crippen LogP contribution in [0.5, 0.6) is 0 Å². The van der Waals surface area contributed by atoms with Crippen molar-refractivity contribution in [2.45, 2.75) is 18.8 Å². The van der Waals surface area contributed by atoms with E-state index in [9.17, 15) is 22.0 Å². The fraction of sp³-hybridized carbons (Fsp3) is 0.455. The van der Waals surface area contributed by atoms with Gasteiger partial charge in [0.2, 0.25) is 0 Å². The van der Waals surface area contributed by atoms with Crippen molar-refractivity contribution in [3.8, 4) is 0 Å². The van der Waals surface area contributed by atoms with Gasteiger partial charge in [0.15, 0.2) is 17.7 Å². The number of benzene rings is 1. The van der Waals surface area contributed by atoms with E-state index in [1.165, 1.54) is 19.2 Å². The van der Waals surface area contributed by atoms with Gasteiger partial charge >= 0.3 is 6.18 Å². The van der Waals surface area contributed by atoms with E-state index in [4.69, 9.17) is 5.11 Å². The lowest BCUT2D eigenvalue weighted by Gasteiger charge is -2.22. The third kappa shape index (κ3) is 3.92. The third-order valence-electron chi connectivity index (χ3n) is 2.33. The summed E-state index contributed by atoms with van der Waals surface area (Å²) in [5, 5.41) is 8.82. The molecule has 102 valence electrons. The highest BCUT2D eigenvalue weighted by atomic mass is 19.4. The van der Waals surface area contributed by atoms with Crippen molar-refractivity contribution in [3.05, 3.63) is 35.4 Å².